The zero-order valence-electron chi connectivity index (χ0n) is 18.1. The average Bonchev–Trinajstić information content (AvgIpc) is 3.27. The fraction of sp³-hybridized carbons (Fsp3) is 0.120. The third-order valence-corrected chi connectivity index (χ3v) is 5.54. The van der Waals surface area contributed by atoms with Crippen molar-refractivity contribution in [3.8, 4) is 22.3 Å². The summed E-state index contributed by atoms with van der Waals surface area (Å²) < 4.78 is 15.1. The normalized spacial score (nSPS) is 10.9. The maximum Gasteiger partial charge on any atom is 0.252 e. The maximum absolute atomic E-state index is 15.1. The summed E-state index contributed by atoms with van der Waals surface area (Å²) in [5.74, 6) is -0.649. The zero-order chi connectivity index (χ0) is 22.8. The lowest BCUT2D eigenvalue weighted by Gasteiger charge is -2.09. The van der Waals surface area contributed by atoms with E-state index in [1.54, 1.807) is 30.9 Å². The summed E-state index contributed by atoms with van der Waals surface area (Å²) >= 11 is 0. The summed E-state index contributed by atoms with van der Waals surface area (Å²) in [5, 5.41) is 4.24. The SMILES string of the molecule is Cl.NCCCNC(=O)c1cnc2[nH]cc(-c3cc(F)c4nccc(-c5cccnc5)c4c3)c2c1. The molecule has 5 rings (SSSR count). The van der Waals surface area contributed by atoms with E-state index < -0.39 is 5.82 Å². The Morgan fingerprint density at radius 3 is 2.71 bits per heavy atom. The molecule has 7 nitrogen and oxygen atoms in total. The van der Waals surface area contributed by atoms with Gasteiger partial charge in [0.25, 0.3) is 5.91 Å². The highest BCUT2D eigenvalue weighted by Gasteiger charge is 2.16. The lowest BCUT2D eigenvalue weighted by atomic mass is 9.97. The predicted octanol–water partition coefficient (Wildman–Crippen LogP) is 4.48. The lowest BCUT2D eigenvalue weighted by molar-refractivity contribution is 0.0953. The van der Waals surface area contributed by atoms with E-state index >= 15 is 4.39 Å². The molecule has 0 saturated heterocycles. The molecule has 34 heavy (non-hydrogen) atoms. The standard InChI is InChI=1S/C25H21FN6O.ClH/c26-22-11-16(9-19-18(4-8-29-23(19)22)15-3-1-6-28-12-15)21-14-32-24-20(21)10-17(13-31-24)25(33)30-7-2-5-27;/h1,3-4,6,8-14H,2,5,7,27H2,(H,30,33)(H,31,32);1H. The second-order valence-electron chi connectivity index (χ2n) is 7.68. The van der Waals surface area contributed by atoms with E-state index in [9.17, 15) is 4.79 Å². The first kappa shape index (κ1) is 23.3. The predicted molar refractivity (Wildman–Crippen MR) is 133 cm³/mol. The van der Waals surface area contributed by atoms with Gasteiger partial charge in [-0.3, -0.25) is 14.8 Å². The number of rotatable bonds is 6. The number of amides is 1. The topological polar surface area (TPSA) is 110 Å². The fourth-order valence-electron chi connectivity index (χ4n) is 3.91. The second kappa shape index (κ2) is 9.94. The molecule has 0 spiro atoms. The Balaban J connectivity index is 0.00000274. The van der Waals surface area contributed by atoms with Crippen molar-refractivity contribution in [3.05, 3.63) is 78.8 Å². The number of benzene rings is 1. The van der Waals surface area contributed by atoms with Crippen LogP contribution in [0.15, 0.2) is 67.4 Å². The number of nitrogens with two attached hydrogens (primary N) is 1. The highest BCUT2D eigenvalue weighted by molar-refractivity contribution is 6.03. The summed E-state index contributed by atoms with van der Waals surface area (Å²) in [6.45, 7) is 0.996. The maximum atomic E-state index is 15.1. The minimum Gasteiger partial charge on any atom is -0.352 e. The number of nitrogens with one attached hydrogen (secondary N) is 2. The molecule has 172 valence electrons. The van der Waals surface area contributed by atoms with Crippen molar-refractivity contribution < 1.29 is 9.18 Å². The lowest BCUT2D eigenvalue weighted by Crippen LogP contribution is -2.26. The molecular weight excluding hydrogens is 455 g/mol. The van der Waals surface area contributed by atoms with Gasteiger partial charge in [-0.2, -0.15) is 0 Å². The van der Waals surface area contributed by atoms with Crippen molar-refractivity contribution in [1.82, 2.24) is 25.3 Å². The Hall–Kier alpha value is -3.88. The Morgan fingerprint density at radius 2 is 1.91 bits per heavy atom. The van der Waals surface area contributed by atoms with E-state index in [1.165, 1.54) is 12.3 Å². The van der Waals surface area contributed by atoms with Gasteiger partial charge in [0.15, 0.2) is 0 Å². The number of carbonyl (C=O) groups is 1. The third-order valence-electron chi connectivity index (χ3n) is 5.54. The Kier molecular flexibility index (Phi) is 6.81. The van der Waals surface area contributed by atoms with Crippen molar-refractivity contribution in [2.75, 3.05) is 13.1 Å². The van der Waals surface area contributed by atoms with E-state index in [2.05, 4.69) is 25.3 Å². The summed E-state index contributed by atoms with van der Waals surface area (Å²) in [6, 6.07) is 10.7. The molecule has 1 amide bonds. The molecule has 1 aromatic carbocycles. The van der Waals surface area contributed by atoms with E-state index in [0.717, 1.165) is 22.1 Å². The number of aromatic nitrogens is 4. The van der Waals surface area contributed by atoms with Crippen molar-refractivity contribution in [3.63, 3.8) is 0 Å². The first-order chi connectivity index (χ1) is 16.2. The van der Waals surface area contributed by atoms with E-state index in [4.69, 9.17) is 5.73 Å². The first-order valence-corrected chi connectivity index (χ1v) is 10.6. The highest BCUT2D eigenvalue weighted by atomic mass is 35.5. The molecule has 0 saturated carbocycles. The van der Waals surface area contributed by atoms with Crippen LogP contribution in [0.4, 0.5) is 4.39 Å². The van der Waals surface area contributed by atoms with E-state index in [0.29, 0.717) is 41.7 Å². The van der Waals surface area contributed by atoms with Crippen LogP contribution in [0.25, 0.3) is 44.2 Å². The molecule has 4 N–H and O–H groups in total. The number of aromatic amines is 1. The van der Waals surface area contributed by atoms with Gasteiger partial charge in [0.1, 0.15) is 17.0 Å². The molecule has 0 atom stereocenters. The molecule has 0 aliphatic rings. The Morgan fingerprint density at radius 1 is 1.03 bits per heavy atom. The summed E-state index contributed by atoms with van der Waals surface area (Å²) in [7, 11) is 0. The number of fused-ring (bicyclic) bond motifs is 2. The second-order valence-corrected chi connectivity index (χ2v) is 7.68. The van der Waals surface area contributed by atoms with Gasteiger partial charge in [0, 0.05) is 59.4 Å². The number of nitrogens with zero attached hydrogens (tertiary/aromatic N) is 3. The minimum atomic E-state index is -0.425. The van der Waals surface area contributed by atoms with Crippen LogP contribution in [-0.4, -0.2) is 38.9 Å². The van der Waals surface area contributed by atoms with Gasteiger partial charge >= 0.3 is 0 Å². The molecule has 0 bridgehead atoms. The number of halogens is 2. The van der Waals surface area contributed by atoms with Gasteiger partial charge in [0.05, 0.1) is 5.56 Å². The number of carbonyl (C=O) groups excluding carboxylic acids is 1. The molecule has 4 aromatic heterocycles. The zero-order valence-corrected chi connectivity index (χ0v) is 18.9. The fourth-order valence-corrected chi connectivity index (χ4v) is 3.91. The molecule has 0 aliphatic carbocycles. The molecule has 0 unspecified atom stereocenters. The summed E-state index contributed by atoms with van der Waals surface area (Å²) in [6.07, 6.45) is 9.02. The van der Waals surface area contributed by atoms with Crippen LogP contribution < -0.4 is 11.1 Å². The van der Waals surface area contributed by atoms with Crippen LogP contribution in [-0.2, 0) is 0 Å². The van der Waals surface area contributed by atoms with Gasteiger partial charge in [-0.15, -0.1) is 12.4 Å². The Bertz CT molecular complexity index is 1470. The molecule has 0 aliphatic heterocycles. The van der Waals surface area contributed by atoms with E-state index in [1.807, 2.05) is 24.3 Å². The summed E-state index contributed by atoms with van der Waals surface area (Å²) in [5.41, 5.74) is 9.94. The largest absolute Gasteiger partial charge is 0.352 e. The van der Waals surface area contributed by atoms with Crippen LogP contribution >= 0.6 is 12.4 Å². The van der Waals surface area contributed by atoms with Crippen molar-refractivity contribution in [1.29, 1.82) is 0 Å². The van der Waals surface area contributed by atoms with Crippen LogP contribution in [0, 0.1) is 5.82 Å². The quantitative estimate of drug-likeness (QED) is 0.313. The Labute approximate surface area is 201 Å². The number of hydrogen-bond acceptors (Lipinski definition) is 5. The molecule has 0 radical (unpaired) electrons. The van der Waals surface area contributed by atoms with E-state index in [-0.39, 0.29) is 23.8 Å². The number of hydrogen-bond donors (Lipinski definition) is 3. The van der Waals surface area contributed by atoms with Gasteiger partial charge in [0.2, 0.25) is 0 Å². The van der Waals surface area contributed by atoms with Crippen LogP contribution in [0.3, 0.4) is 0 Å². The summed E-state index contributed by atoms with van der Waals surface area (Å²) in [4.78, 5) is 28.4. The first-order valence-electron chi connectivity index (χ1n) is 10.6. The number of H-pyrrole nitrogens is 1. The third kappa shape index (κ3) is 4.33. The molecule has 4 heterocycles. The average molecular weight is 477 g/mol. The van der Waals surface area contributed by atoms with Crippen LogP contribution in [0.5, 0.6) is 0 Å². The van der Waals surface area contributed by atoms with Crippen LogP contribution in [0.2, 0.25) is 0 Å². The molecule has 0 fully saturated rings. The smallest absolute Gasteiger partial charge is 0.252 e. The highest BCUT2D eigenvalue weighted by Crippen LogP contribution is 2.35. The molecular formula is C25H22ClFN6O. The number of pyridine rings is 3. The van der Waals surface area contributed by atoms with Crippen LogP contribution in [0.1, 0.15) is 16.8 Å². The van der Waals surface area contributed by atoms with Crippen molar-refractivity contribution in [2.24, 2.45) is 5.73 Å². The van der Waals surface area contributed by atoms with Gasteiger partial charge in [-0.25, -0.2) is 9.37 Å². The van der Waals surface area contributed by atoms with Crippen molar-refractivity contribution in [2.45, 2.75) is 6.42 Å². The van der Waals surface area contributed by atoms with Gasteiger partial charge in [-0.1, -0.05) is 6.07 Å². The monoisotopic (exact) mass is 476 g/mol. The van der Waals surface area contributed by atoms with Gasteiger partial charge < -0.3 is 16.0 Å². The molecule has 9 heteroatoms. The molecule has 5 aromatic rings. The van der Waals surface area contributed by atoms with Gasteiger partial charge in [-0.05, 0) is 54.4 Å². The minimum absolute atomic E-state index is 0. The van der Waals surface area contributed by atoms with Crippen molar-refractivity contribution >= 4 is 40.3 Å².